The van der Waals surface area contributed by atoms with Crippen LogP contribution < -0.4 is 4.74 Å². The second-order valence-corrected chi connectivity index (χ2v) is 3.38. The Labute approximate surface area is 90.7 Å². The van der Waals surface area contributed by atoms with Crippen LogP contribution in [-0.4, -0.2) is 25.9 Å². The second kappa shape index (κ2) is 4.33. The molecule has 0 saturated heterocycles. The maximum absolute atomic E-state index is 9.95. The first-order valence-electron chi connectivity index (χ1n) is 4.27. The molecule has 2 rings (SSSR count). The highest BCUT2D eigenvalue weighted by atomic mass is 32.1. The smallest absolute Gasteiger partial charge is 0.144 e. The monoisotopic (exact) mass is 223 g/mol. The summed E-state index contributed by atoms with van der Waals surface area (Å²) in [4.78, 5) is 4.07. The van der Waals surface area contributed by atoms with Crippen molar-refractivity contribution in [1.82, 2.24) is 13.7 Å². The minimum atomic E-state index is -0.889. The van der Waals surface area contributed by atoms with Crippen molar-refractivity contribution in [3.63, 3.8) is 0 Å². The molecule has 1 unspecified atom stereocenters. The predicted molar refractivity (Wildman–Crippen MR) is 54.8 cm³/mol. The van der Waals surface area contributed by atoms with Crippen molar-refractivity contribution in [2.75, 3.05) is 7.11 Å². The summed E-state index contributed by atoms with van der Waals surface area (Å²) in [5.74, 6) is 0.540. The van der Waals surface area contributed by atoms with E-state index < -0.39 is 6.10 Å². The largest absolute Gasteiger partial charge is 0.495 e. The van der Waals surface area contributed by atoms with Crippen molar-refractivity contribution in [1.29, 1.82) is 0 Å². The molecule has 0 saturated carbocycles. The Hall–Kier alpha value is -1.53. The maximum Gasteiger partial charge on any atom is 0.144 e. The van der Waals surface area contributed by atoms with Gasteiger partial charge in [0.1, 0.15) is 23.2 Å². The zero-order chi connectivity index (χ0) is 10.7. The lowest BCUT2D eigenvalue weighted by Gasteiger charge is -2.10. The molecule has 0 aliphatic rings. The Morgan fingerprint density at radius 1 is 1.53 bits per heavy atom. The summed E-state index contributed by atoms with van der Waals surface area (Å²) in [6.07, 6.45) is 2.23. The van der Waals surface area contributed by atoms with Crippen LogP contribution in [0, 0.1) is 0 Å². The van der Waals surface area contributed by atoms with Crippen molar-refractivity contribution in [3.8, 4) is 5.75 Å². The van der Waals surface area contributed by atoms with Gasteiger partial charge in [0.2, 0.25) is 0 Å². The molecule has 2 heterocycles. The lowest BCUT2D eigenvalue weighted by molar-refractivity contribution is 0.205. The zero-order valence-corrected chi connectivity index (χ0v) is 8.81. The molecule has 0 radical (unpaired) electrons. The van der Waals surface area contributed by atoms with Crippen LogP contribution in [0.15, 0.2) is 24.5 Å². The molecule has 0 bridgehead atoms. The maximum atomic E-state index is 9.95. The van der Waals surface area contributed by atoms with E-state index in [0.717, 1.165) is 11.7 Å². The number of rotatable bonds is 3. The van der Waals surface area contributed by atoms with Gasteiger partial charge in [0.25, 0.3) is 0 Å². The van der Waals surface area contributed by atoms with Gasteiger partial charge in [-0.05, 0) is 12.1 Å². The van der Waals surface area contributed by atoms with Crippen LogP contribution in [0.25, 0.3) is 0 Å². The molecule has 2 aromatic rings. The van der Waals surface area contributed by atoms with Crippen molar-refractivity contribution in [2.45, 2.75) is 6.10 Å². The minimum absolute atomic E-state index is 0.452. The van der Waals surface area contributed by atoms with Crippen molar-refractivity contribution >= 4 is 11.7 Å². The van der Waals surface area contributed by atoms with E-state index in [2.05, 4.69) is 13.7 Å². The Morgan fingerprint density at radius 2 is 2.40 bits per heavy atom. The summed E-state index contributed by atoms with van der Waals surface area (Å²) in [6.45, 7) is 0. The lowest BCUT2D eigenvalue weighted by Crippen LogP contribution is -2.04. The van der Waals surface area contributed by atoms with Gasteiger partial charge in [-0.25, -0.2) is 0 Å². The molecule has 5 nitrogen and oxygen atoms in total. The van der Waals surface area contributed by atoms with E-state index in [-0.39, 0.29) is 0 Å². The first-order chi connectivity index (χ1) is 7.33. The van der Waals surface area contributed by atoms with E-state index in [1.807, 2.05) is 0 Å². The summed E-state index contributed by atoms with van der Waals surface area (Å²) in [5.41, 5.74) is 0.935. The van der Waals surface area contributed by atoms with Crippen LogP contribution >= 0.6 is 11.7 Å². The lowest BCUT2D eigenvalue weighted by atomic mass is 10.1. The van der Waals surface area contributed by atoms with Gasteiger partial charge in [0, 0.05) is 6.20 Å². The third-order valence-corrected chi connectivity index (χ3v) is 2.43. The van der Waals surface area contributed by atoms with Gasteiger partial charge in [0.15, 0.2) is 0 Å². The average Bonchev–Trinajstić information content (AvgIpc) is 2.81. The van der Waals surface area contributed by atoms with E-state index >= 15 is 0 Å². The first kappa shape index (κ1) is 10.0. The zero-order valence-electron chi connectivity index (χ0n) is 7.99. The van der Waals surface area contributed by atoms with Gasteiger partial charge in [-0.3, -0.25) is 4.98 Å². The standard InChI is InChI=1S/C9H9N3O2S/c1-14-7-3-2-4-10-8(7)9(13)6-5-11-15-12-6/h2-5,9,13H,1H3. The summed E-state index contributed by atoms with van der Waals surface area (Å²) in [5, 5.41) is 9.95. The van der Waals surface area contributed by atoms with Crippen LogP contribution in [0.1, 0.15) is 17.5 Å². The van der Waals surface area contributed by atoms with Crippen LogP contribution in [-0.2, 0) is 0 Å². The number of aliphatic hydroxyl groups is 1. The summed E-state index contributed by atoms with van der Waals surface area (Å²) in [7, 11) is 1.53. The van der Waals surface area contributed by atoms with Crippen molar-refractivity contribution < 1.29 is 9.84 Å². The minimum Gasteiger partial charge on any atom is -0.495 e. The molecule has 6 heteroatoms. The Bertz CT molecular complexity index is 433. The molecule has 0 aliphatic heterocycles. The molecule has 0 amide bonds. The molecule has 1 atom stereocenters. The average molecular weight is 223 g/mol. The van der Waals surface area contributed by atoms with Crippen LogP contribution in [0.2, 0.25) is 0 Å². The first-order valence-corrected chi connectivity index (χ1v) is 5.00. The van der Waals surface area contributed by atoms with E-state index in [1.165, 1.54) is 13.3 Å². The highest BCUT2D eigenvalue weighted by Crippen LogP contribution is 2.26. The number of nitrogens with zero attached hydrogens (tertiary/aromatic N) is 3. The number of ether oxygens (including phenoxy) is 1. The van der Waals surface area contributed by atoms with E-state index in [1.54, 1.807) is 18.3 Å². The summed E-state index contributed by atoms with van der Waals surface area (Å²) in [6, 6.07) is 3.49. The fourth-order valence-corrected chi connectivity index (χ4v) is 1.66. The third kappa shape index (κ3) is 1.95. The second-order valence-electron chi connectivity index (χ2n) is 2.83. The Morgan fingerprint density at radius 3 is 3.07 bits per heavy atom. The van der Waals surface area contributed by atoms with E-state index in [4.69, 9.17) is 4.74 Å². The van der Waals surface area contributed by atoms with Gasteiger partial charge in [0.05, 0.1) is 25.0 Å². The quantitative estimate of drug-likeness (QED) is 0.841. The fraction of sp³-hybridized carbons (Fsp3) is 0.222. The van der Waals surface area contributed by atoms with Crippen molar-refractivity contribution in [3.05, 3.63) is 35.9 Å². The molecular formula is C9H9N3O2S. The molecule has 2 aromatic heterocycles. The number of pyridine rings is 1. The van der Waals surface area contributed by atoms with E-state index in [0.29, 0.717) is 17.1 Å². The molecule has 0 aromatic carbocycles. The van der Waals surface area contributed by atoms with Gasteiger partial charge < -0.3 is 9.84 Å². The van der Waals surface area contributed by atoms with Gasteiger partial charge in [-0.15, -0.1) is 0 Å². The van der Waals surface area contributed by atoms with Gasteiger partial charge in [-0.1, -0.05) is 0 Å². The predicted octanol–water partition coefficient (Wildman–Crippen LogP) is 1.02. The highest BCUT2D eigenvalue weighted by molar-refractivity contribution is 6.99. The van der Waals surface area contributed by atoms with Crippen LogP contribution in [0.4, 0.5) is 0 Å². The molecule has 15 heavy (non-hydrogen) atoms. The van der Waals surface area contributed by atoms with Gasteiger partial charge in [-0.2, -0.15) is 8.75 Å². The summed E-state index contributed by atoms with van der Waals surface area (Å²) < 4.78 is 12.9. The topological polar surface area (TPSA) is 68.1 Å². The molecule has 0 fully saturated rings. The normalized spacial score (nSPS) is 12.4. The number of hydrogen-bond donors (Lipinski definition) is 1. The Kier molecular flexibility index (Phi) is 2.89. The van der Waals surface area contributed by atoms with Crippen molar-refractivity contribution in [2.24, 2.45) is 0 Å². The summed E-state index contributed by atoms with van der Waals surface area (Å²) >= 11 is 1.05. The number of hydrogen-bond acceptors (Lipinski definition) is 6. The highest BCUT2D eigenvalue weighted by Gasteiger charge is 2.18. The van der Waals surface area contributed by atoms with Crippen LogP contribution in [0.5, 0.6) is 5.75 Å². The fourth-order valence-electron chi connectivity index (χ4n) is 1.21. The molecular weight excluding hydrogens is 214 g/mol. The number of aliphatic hydroxyl groups excluding tert-OH is 1. The SMILES string of the molecule is COc1cccnc1C(O)c1cnsn1. The molecule has 1 N–H and O–H groups in total. The molecule has 0 spiro atoms. The van der Waals surface area contributed by atoms with Gasteiger partial charge >= 0.3 is 0 Å². The van der Waals surface area contributed by atoms with Crippen LogP contribution in [0.3, 0.4) is 0 Å². The third-order valence-electron chi connectivity index (χ3n) is 1.94. The number of methoxy groups -OCH3 is 1. The van der Waals surface area contributed by atoms with E-state index in [9.17, 15) is 5.11 Å². The molecule has 0 aliphatic carbocycles. The molecule has 78 valence electrons. The number of aromatic nitrogens is 3. The Balaban J connectivity index is 2.37.